The largest absolute Gasteiger partial charge is 0.350 e. The number of allylic oxidation sites excluding steroid dienone is 2. The molecule has 1 aliphatic carbocycles. The zero-order valence-electron chi connectivity index (χ0n) is 6.92. The number of carbonyl (C=O) groups is 1. The third-order valence-electron chi connectivity index (χ3n) is 1.67. The summed E-state index contributed by atoms with van der Waals surface area (Å²) in [6.07, 6.45) is 7.10. The molecule has 0 saturated heterocycles. The van der Waals surface area contributed by atoms with E-state index >= 15 is 0 Å². The summed E-state index contributed by atoms with van der Waals surface area (Å²) in [6.45, 7) is 3.60. The summed E-state index contributed by atoms with van der Waals surface area (Å²) in [7, 11) is 0. The van der Waals surface area contributed by atoms with Crippen molar-refractivity contribution in [2.75, 3.05) is 0 Å². The van der Waals surface area contributed by atoms with E-state index in [1.807, 2.05) is 12.2 Å². The van der Waals surface area contributed by atoms with Crippen molar-refractivity contribution in [3.05, 3.63) is 23.8 Å². The van der Waals surface area contributed by atoms with Gasteiger partial charge in [-0.15, -0.1) is 0 Å². The van der Waals surface area contributed by atoms with Crippen molar-refractivity contribution >= 4 is 5.91 Å². The first-order valence-electron chi connectivity index (χ1n) is 3.80. The second kappa shape index (κ2) is 3.37. The van der Waals surface area contributed by atoms with Crippen LogP contribution in [0.4, 0.5) is 0 Å². The second-order valence-electron chi connectivity index (χ2n) is 2.85. The molecule has 0 aromatic rings. The Morgan fingerprint density at radius 3 is 2.91 bits per heavy atom. The number of hydrogen-bond donors (Lipinski definition) is 1. The molecule has 1 aliphatic rings. The molecule has 0 aromatic heterocycles. The highest BCUT2D eigenvalue weighted by Crippen LogP contribution is 2.08. The zero-order valence-corrected chi connectivity index (χ0v) is 6.92. The topological polar surface area (TPSA) is 29.1 Å². The van der Waals surface area contributed by atoms with E-state index in [9.17, 15) is 4.79 Å². The molecule has 0 heterocycles. The summed E-state index contributed by atoms with van der Waals surface area (Å²) in [6, 6.07) is 0.205. The monoisotopic (exact) mass is 151 g/mol. The summed E-state index contributed by atoms with van der Waals surface area (Å²) in [5.41, 5.74) is 1.27. The molecule has 2 nitrogen and oxygen atoms in total. The van der Waals surface area contributed by atoms with Crippen LogP contribution in [0.15, 0.2) is 23.8 Å². The summed E-state index contributed by atoms with van der Waals surface area (Å²) >= 11 is 0. The Balaban J connectivity index is 2.43. The van der Waals surface area contributed by atoms with E-state index in [0.717, 1.165) is 6.42 Å². The smallest absolute Gasteiger partial charge is 0.217 e. The van der Waals surface area contributed by atoms with Gasteiger partial charge in [-0.25, -0.2) is 0 Å². The first-order valence-corrected chi connectivity index (χ1v) is 3.80. The maximum atomic E-state index is 10.6. The molecule has 0 bridgehead atoms. The van der Waals surface area contributed by atoms with E-state index in [-0.39, 0.29) is 11.9 Å². The van der Waals surface area contributed by atoms with Gasteiger partial charge in [0.15, 0.2) is 0 Å². The van der Waals surface area contributed by atoms with E-state index in [0.29, 0.717) is 0 Å². The van der Waals surface area contributed by atoms with Crippen LogP contribution in [0.3, 0.4) is 0 Å². The highest BCUT2D eigenvalue weighted by molar-refractivity contribution is 5.73. The van der Waals surface area contributed by atoms with Gasteiger partial charge in [0.05, 0.1) is 6.04 Å². The van der Waals surface area contributed by atoms with E-state index in [4.69, 9.17) is 0 Å². The van der Waals surface area contributed by atoms with Gasteiger partial charge in [0.1, 0.15) is 0 Å². The highest BCUT2D eigenvalue weighted by atomic mass is 16.1. The van der Waals surface area contributed by atoms with Crippen LogP contribution in [0, 0.1) is 0 Å². The van der Waals surface area contributed by atoms with E-state index < -0.39 is 0 Å². The Kier molecular flexibility index (Phi) is 2.47. The molecule has 60 valence electrons. The number of hydrogen-bond acceptors (Lipinski definition) is 1. The van der Waals surface area contributed by atoms with Gasteiger partial charge >= 0.3 is 0 Å². The Labute approximate surface area is 67.0 Å². The van der Waals surface area contributed by atoms with E-state index in [2.05, 4.69) is 18.3 Å². The lowest BCUT2D eigenvalue weighted by molar-refractivity contribution is -0.119. The first kappa shape index (κ1) is 8.05. The number of carbonyl (C=O) groups excluding carboxylic acids is 1. The van der Waals surface area contributed by atoms with Crippen LogP contribution in [0.1, 0.15) is 20.3 Å². The van der Waals surface area contributed by atoms with Crippen LogP contribution in [0.5, 0.6) is 0 Å². The van der Waals surface area contributed by atoms with Crippen LogP contribution in [0.2, 0.25) is 0 Å². The molecule has 1 unspecified atom stereocenters. The van der Waals surface area contributed by atoms with E-state index in [1.54, 1.807) is 6.92 Å². The molecule has 2 heteroatoms. The Morgan fingerprint density at radius 2 is 2.45 bits per heavy atom. The minimum Gasteiger partial charge on any atom is -0.350 e. The average molecular weight is 151 g/mol. The number of amides is 1. The summed E-state index contributed by atoms with van der Waals surface area (Å²) in [5, 5.41) is 2.83. The zero-order chi connectivity index (χ0) is 8.27. The van der Waals surface area contributed by atoms with Crippen molar-refractivity contribution in [3.63, 3.8) is 0 Å². The number of nitrogens with one attached hydrogen (secondary N) is 1. The third kappa shape index (κ3) is 2.58. The second-order valence-corrected chi connectivity index (χ2v) is 2.85. The lowest BCUT2D eigenvalue weighted by atomic mass is 10.0. The molecule has 1 rings (SSSR count). The minimum atomic E-state index is 0.0348. The van der Waals surface area contributed by atoms with Gasteiger partial charge in [0, 0.05) is 6.92 Å². The van der Waals surface area contributed by atoms with Gasteiger partial charge in [-0.2, -0.15) is 0 Å². The lowest BCUT2D eigenvalue weighted by Gasteiger charge is -2.14. The highest BCUT2D eigenvalue weighted by Gasteiger charge is 2.06. The fourth-order valence-electron chi connectivity index (χ4n) is 1.10. The molecule has 1 atom stereocenters. The van der Waals surface area contributed by atoms with Crippen molar-refractivity contribution in [1.29, 1.82) is 0 Å². The molecule has 0 saturated carbocycles. The van der Waals surface area contributed by atoms with Crippen LogP contribution in [0.25, 0.3) is 0 Å². The van der Waals surface area contributed by atoms with E-state index in [1.165, 1.54) is 5.57 Å². The predicted molar refractivity (Wildman–Crippen MR) is 45.1 cm³/mol. The van der Waals surface area contributed by atoms with Crippen molar-refractivity contribution in [1.82, 2.24) is 5.32 Å². The van der Waals surface area contributed by atoms with Crippen LogP contribution in [-0.4, -0.2) is 11.9 Å². The standard InChI is InChI=1S/C9H13NO/c1-7-3-5-9(6-4-7)10-8(2)11/h3-5,9H,6H2,1-2H3,(H,10,11). The van der Waals surface area contributed by atoms with Gasteiger partial charge in [-0.1, -0.05) is 23.8 Å². The maximum Gasteiger partial charge on any atom is 0.217 e. The molecule has 0 aliphatic heterocycles. The summed E-state index contributed by atoms with van der Waals surface area (Å²) in [4.78, 5) is 10.6. The molecule has 0 spiro atoms. The molecular formula is C9H13NO. The lowest BCUT2D eigenvalue weighted by Crippen LogP contribution is -2.31. The Bertz CT molecular complexity index is 216. The van der Waals surface area contributed by atoms with Gasteiger partial charge in [-0.3, -0.25) is 4.79 Å². The fourth-order valence-corrected chi connectivity index (χ4v) is 1.10. The van der Waals surface area contributed by atoms with Crippen LogP contribution >= 0.6 is 0 Å². The predicted octanol–water partition coefficient (Wildman–Crippen LogP) is 1.40. The van der Waals surface area contributed by atoms with Crippen molar-refractivity contribution in [2.45, 2.75) is 26.3 Å². The quantitative estimate of drug-likeness (QED) is 0.603. The van der Waals surface area contributed by atoms with Crippen LogP contribution < -0.4 is 5.32 Å². The van der Waals surface area contributed by atoms with Gasteiger partial charge in [0.2, 0.25) is 5.91 Å². The molecule has 1 amide bonds. The molecule has 0 aromatic carbocycles. The molecule has 0 radical (unpaired) electrons. The van der Waals surface area contributed by atoms with Gasteiger partial charge in [-0.05, 0) is 13.3 Å². The maximum absolute atomic E-state index is 10.6. The minimum absolute atomic E-state index is 0.0348. The number of rotatable bonds is 1. The molecule has 1 N–H and O–H groups in total. The summed E-state index contributed by atoms with van der Waals surface area (Å²) in [5.74, 6) is 0.0348. The summed E-state index contributed by atoms with van der Waals surface area (Å²) < 4.78 is 0. The van der Waals surface area contributed by atoms with Crippen LogP contribution in [-0.2, 0) is 4.79 Å². The third-order valence-corrected chi connectivity index (χ3v) is 1.67. The molecule has 0 fully saturated rings. The van der Waals surface area contributed by atoms with Crippen molar-refractivity contribution in [2.24, 2.45) is 0 Å². The van der Waals surface area contributed by atoms with Crippen molar-refractivity contribution < 1.29 is 4.79 Å². The average Bonchev–Trinajstić information content (AvgIpc) is 1.93. The van der Waals surface area contributed by atoms with Gasteiger partial charge in [0.25, 0.3) is 0 Å². The Hall–Kier alpha value is -1.05. The molecular weight excluding hydrogens is 138 g/mol. The molecule has 11 heavy (non-hydrogen) atoms. The van der Waals surface area contributed by atoms with Crippen molar-refractivity contribution in [3.8, 4) is 0 Å². The first-order chi connectivity index (χ1) is 5.18. The van der Waals surface area contributed by atoms with Gasteiger partial charge < -0.3 is 5.32 Å². The Morgan fingerprint density at radius 1 is 1.73 bits per heavy atom. The fraction of sp³-hybridized carbons (Fsp3) is 0.444. The SMILES string of the molecule is CC(=O)NC1C=CC(C)=CC1. The normalized spacial score (nSPS) is 22.7.